The molecule has 0 radical (unpaired) electrons. The molecule has 1 aliphatic rings. The van der Waals surface area contributed by atoms with E-state index in [2.05, 4.69) is 15.1 Å². The number of hydrogen-bond acceptors (Lipinski definition) is 7. The second-order valence-electron chi connectivity index (χ2n) is 9.47. The predicted molar refractivity (Wildman–Crippen MR) is 160 cm³/mol. The number of rotatable bonds is 6. The van der Waals surface area contributed by atoms with E-state index >= 15 is 0 Å². The highest BCUT2D eigenvalue weighted by molar-refractivity contribution is 7.80. The molecule has 3 heterocycles. The number of anilines is 2. The van der Waals surface area contributed by atoms with E-state index in [4.69, 9.17) is 38.3 Å². The van der Waals surface area contributed by atoms with Gasteiger partial charge in [0, 0.05) is 51.4 Å². The Bertz CT molecular complexity index is 1690. The van der Waals surface area contributed by atoms with Gasteiger partial charge in [-0.25, -0.2) is 4.79 Å². The molecule has 2 aromatic carbocycles. The minimum Gasteiger partial charge on any atom is -0.497 e. The van der Waals surface area contributed by atoms with Crippen LogP contribution in [0.25, 0.3) is 11.2 Å². The van der Waals surface area contributed by atoms with Gasteiger partial charge in [0.2, 0.25) is 5.95 Å². The Hall–Kier alpha value is -4.03. The lowest BCUT2D eigenvalue weighted by atomic mass is 10.2. The Morgan fingerprint density at radius 1 is 1.00 bits per heavy atom. The fraction of sp³-hybridized carbons (Fsp3) is 0.333. The first-order valence-corrected chi connectivity index (χ1v) is 13.4. The molecular weight excluding hydrogens is 554 g/mol. The van der Waals surface area contributed by atoms with Crippen molar-refractivity contribution in [1.29, 1.82) is 0 Å². The second kappa shape index (κ2) is 11.2. The Morgan fingerprint density at radius 2 is 1.70 bits per heavy atom. The normalized spacial score (nSPS) is 13.5. The van der Waals surface area contributed by atoms with Crippen molar-refractivity contribution < 1.29 is 9.47 Å². The van der Waals surface area contributed by atoms with E-state index in [1.807, 2.05) is 41.0 Å². The zero-order valence-corrected chi connectivity index (χ0v) is 24.3. The Labute approximate surface area is 241 Å². The molecule has 0 amide bonds. The summed E-state index contributed by atoms with van der Waals surface area (Å²) < 4.78 is 15.2. The van der Waals surface area contributed by atoms with Crippen LogP contribution in [0.5, 0.6) is 11.5 Å². The topological polar surface area (TPSA) is 98.8 Å². The first kappa shape index (κ1) is 27.5. The van der Waals surface area contributed by atoms with Crippen molar-refractivity contribution in [2.45, 2.75) is 6.54 Å². The lowest BCUT2D eigenvalue weighted by molar-refractivity contribution is 0.385. The van der Waals surface area contributed by atoms with Gasteiger partial charge in [-0.15, -0.1) is 0 Å². The third-order valence-electron chi connectivity index (χ3n) is 7.08. The van der Waals surface area contributed by atoms with Gasteiger partial charge in [-0.2, -0.15) is 4.98 Å². The molecule has 11 nitrogen and oxygen atoms in total. The Kier molecular flexibility index (Phi) is 7.72. The SMILES string of the molecule is COc1ccc(NC(=S)N2CCN(c3nc4c(c(=O)n(C)c(=O)n4C)n3Cc3ccc(Cl)cc3)CC2)c(OC)c1. The number of halogens is 1. The number of nitrogens with zero attached hydrogens (tertiary/aromatic N) is 6. The van der Waals surface area contributed by atoms with E-state index in [0.29, 0.717) is 71.5 Å². The molecule has 2 aromatic heterocycles. The van der Waals surface area contributed by atoms with E-state index in [0.717, 1.165) is 15.8 Å². The summed E-state index contributed by atoms with van der Waals surface area (Å²) >= 11 is 11.8. The molecule has 0 aliphatic carbocycles. The molecule has 1 aliphatic heterocycles. The summed E-state index contributed by atoms with van der Waals surface area (Å²) in [6.07, 6.45) is 0. The summed E-state index contributed by atoms with van der Waals surface area (Å²) in [6, 6.07) is 13.0. The fourth-order valence-electron chi connectivity index (χ4n) is 4.80. The largest absolute Gasteiger partial charge is 0.497 e. The van der Waals surface area contributed by atoms with Crippen molar-refractivity contribution in [3.05, 3.63) is 73.9 Å². The Morgan fingerprint density at radius 3 is 2.35 bits per heavy atom. The Balaban J connectivity index is 1.42. The van der Waals surface area contributed by atoms with E-state index in [9.17, 15) is 9.59 Å². The molecule has 0 atom stereocenters. The molecule has 1 saturated heterocycles. The zero-order chi connectivity index (χ0) is 28.6. The van der Waals surface area contributed by atoms with Gasteiger partial charge in [0.25, 0.3) is 5.56 Å². The highest BCUT2D eigenvalue weighted by atomic mass is 35.5. The molecule has 40 heavy (non-hydrogen) atoms. The third-order valence-corrected chi connectivity index (χ3v) is 7.69. The number of thiocarbonyl (C=S) groups is 1. The number of benzene rings is 2. The van der Waals surface area contributed by atoms with Crippen molar-refractivity contribution in [3.8, 4) is 11.5 Å². The van der Waals surface area contributed by atoms with E-state index < -0.39 is 5.69 Å². The van der Waals surface area contributed by atoms with Crippen LogP contribution < -0.4 is 30.9 Å². The minimum atomic E-state index is -0.421. The molecule has 13 heteroatoms. The van der Waals surface area contributed by atoms with Gasteiger partial charge in [0.05, 0.1) is 26.5 Å². The summed E-state index contributed by atoms with van der Waals surface area (Å²) in [5, 5.41) is 4.49. The smallest absolute Gasteiger partial charge is 0.332 e. The maximum absolute atomic E-state index is 13.3. The summed E-state index contributed by atoms with van der Waals surface area (Å²) in [6.45, 7) is 2.88. The van der Waals surface area contributed by atoms with Gasteiger partial charge in [-0.1, -0.05) is 23.7 Å². The van der Waals surface area contributed by atoms with Crippen LogP contribution in [0.15, 0.2) is 52.1 Å². The number of hydrogen-bond donors (Lipinski definition) is 1. The highest BCUT2D eigenvalue weighted by Gasteiger charge is 2.27. The van der Waals surface area contributed by atoms with Crippen molar-refractivity contribution in [3.63, 3.8) is 0 Å². The highest BCUT2D eigenvalue weighted by Crippen LogP contribution is 2.30. The monoisotopic (exact) mass is 583 g/mol. The van der Waals surface area contributed by atoms with Gasteiger partial charge in [0.15, 0.2) is 16.3 Å². The number of aryl methyl sites for hydroxylation is 1. The zero-order valence-electron chi connectivity index (χ0n) is 22.7. The number of fused-ring (bicyclic) bond motifs is 1. The molecule has 0 unspecified atom stereocenters. The van der Waals surface area contributed by atoms with Gasteiger partial charge >= 0.3 is 5.69 Å². The maximum Gasteiger partial charge on any atom is 0.332 e. The van der Waals surface area contributed by atoms with E-state index in [-0.39, 0.29) is 5.56 Å². The number of aromatic nitrogens is 4. The number of nitrogens with one attached hydrogen (secondary N) is 1. The first-order valence-electron chi connectivity index (χ1n) is 12.7. The lowest BCUT2D eigenvalue weighted by Crippen LogP contribution is -2.50. The number of piperazine rings is 1. The van der Waals surface area contributed by atoms with Crippen LogP contribution >= 0.6 is 23.8 Å². The van der Waals surface area contributed by atoms with Crippen LogP contribution in [0.3, 0.4) is 0 Å². The number of ether oxygens (including phenoxy) is 2. The molecule has 0 bridgehead atoms. The molecule has 0 spiro atoms. The molecule has 210 valence electrons. The van der Waals surface area contributed by atoms with E-state index in [1.54, 1.807) is 27.3 Å². The number of methoxy groups -OCH3 is 2. The van der Waals surface area contributed by atoms with Crippen molar-refractivity contribution >= 4 is 51.7 Å². The van der Waals surface area contributed by atoms with Crippen molar-refractivity contribution in [1.82, 2.24) is 23.6 Å². The summed E-state index contributed by atoms with van der Waals surface area (Å²) in [7, 11) is 6.31. The van der Waals surface area contributed by atoms with Gasteiger partial charge in [-0.3, -0.25) is 18.5 Å². The molecule has 1 fully saturated rings. The van der Waals surface area contributed by atoms with Crippen LogP contribution in [0.4, 0.5) is 11.6 Å². The van der Waals surface area contributed by atoms with Crippen LogP contribution in [-0.2, 0) is 20.6 Å². The standard InChI is InChI=1S/C27H30ClN7O4S/c1-31-23-22(24(36)32(2)27(31)37)35(16-17-5-7-18(28)8-6-17)25(30-23)33-11-13-34(14-12-33)26(40)29-20-10-9-19(38-3)15-21(20)39-4/h5-10,15H,11-14,16H2,1-4H3,(H,29,40). The summed E-state index contributed by atoms with van der Waals surface area (Å²) in [5.74, 6) is 1.94. The van der Waals surface area contributed by atoms with Crippen LogP contribution in [0.1, 0.15) is 5.56 Å². The second-order valence-corrected chi connectivity index (χ2v) is 10.3. The maximum atomic E-state index is 13.3. The average molecular weight is 584 g/mol. The van der Waals surface area contributed by atoms with Gasteiger partial charge in [-0.05, 0) is 42.0 Å². The molecule has 5 rings (SSSR count). The van der Waals surface area contributed by atoms with Crippen molar-refractivity contribution in [2.75, 3.05) is 50.6 Å². The summed E-state index contributed by atoms with van der Waals surface area (Å²) in [4.78, 5) is 34.9. The molecule has 4 aromatic rings. The lowest BCUT2D eigenvalue weighted by Gasteiger charge is -2.37. The van der Waals surface area contributed by atoms with Crippen LogP contribution in [0, 0.1) is 0 Å². The molecular formula is C27H30ClN7O4S. The van der Waals surface area contributed by atoms with Gasteiger partial charge in [0.1, 0.15) is 11.5 Å². The fourth-order valence-corrected chi connectivity index (χ4v) is 5.22. The predicted octanol–water partition coefficient (Wildman–Crippen LogP) is 2.67. The van der Waals surface area contributed by atoms with Gasteiger partial charge < -0.3 is 24.6 Å². The quantitative estimate of drug-likeness (QED) is 0.344. The molecule has 0 saturated carbocycles. The summed E-state index contributed by atoms with van der Waals surface area (Å²) in [5.41, 5.74) is 1.62. The minimum absolute atomic E-state index is 0.350. The third kappa shape index (κ3) is 5.11. The number of imidazole rings is 1. The first-order chi connectivity index (χ1) is 19.2. The average Bonchev–Trinajstić information content (AvgIpc) is 3.35. The van der Waals surface area contributed by atoms with Crippen LogP contribution in [0.2, 0.25) is 5.02 Å². The molecule has 1 N–H and O–H groups in total. The van der Waals surface area contributed by atoms with Crippen molar-refractivity contribution in [2.24, 2.45) is 14.1 Å². The van der Waals surface area contributed by atoms with E-state index in [1.165, 1.54) is 11.6 Å². The van der Waals surface area contributed by atoms with Crippen LogP contribution in [-0.4, -0.2) is 69.1 Å².